The molecule has 0 amide bonds. The van der Waals surface area contributed by atoms with Crippen LogP contribution < -0.4 is 10.6 Å². The number of rotatable bonds is 6. The number of nitrogens with one attached hydrogen (secondary N) is 2. The molecule has 0 aromatic carbocycles. The minimum Gasteiger partial charge on any atom is -0.379 e. The third-order valence-corrected chi connectivity index (χ3v) is 4.29. The number of guanidine groups is 1. The number of halogens is 3. The van der Waals surface area contributed by atoms with E-state index in [9.17, 15) is 13.2 Å². The molecule has 2 fully saturated rings. The summed E-state index contributed by atoms with van der Waals surface area (Å²) in [6.45, 7) is 2.01. The largest absolute Gasteiger partial charge is 0.391 e. The maximum Gasteiger partial charge on any atom is 0.391 e. The van der Waals surface area contributed by atoms with E-state index in [0.29, 0.717) is 25.5 Å². The van der Waals surface area contributed by atoms with Gasteiger partial charge in [-0.1, -0.05) is 6.42 Å². The Kier molecular flexibility index (Phi) is 6.35. The molecule has 0 aromatic rings. The van der Waals surface area contributed by atoms with Gasteiger partial charge in [-0.2, -0.15) is 13.2 Å². The zero-order chi connectivity index (χ0) is 16.0. The van der Waals surface area contributed by atoms with Gasteiger partial charge >= 0.3 is 6.18 Å². The van der Waals surface area contributed by atoms with Crippen LogP contribution in [0.1, 0.15) is 38.5 Å². The normalized spacial score (nSPS) is 26.8. The molecule has 2 rings (SSSR count). The lowest BCUT2D eigenvalue weighted by Crippen LogP contribution is -2.47. The fourth-order valence-corrected chi connectivity index (χ4v) is 2.78. The molecule has 0 saturated heterocycles. The molecule has 2 aliphatic rings. The zero-order valence-corrected chi connectivity index (χ0v) is 13.1. The summed E-state index contributed by atoms with van der Waals surface area (Å²) in [7, 11) is 1.63. The van der Waals surface area contributed by atoms with Gasteiger partial charge in [-0.3, -0.25) is 4.99 Å². The van der Waals surface area contributed by atoms with E-state index in [1.807, 2.05) is 0 Å². The summed E-state index contributed by atoms with van der Waals surface area (Å²) in [5.41, 5.74) is 0. The lowest BCUT2D eigenvalue weighted by Gasteiger charge is -2.31. The minimum absolute atomic E-state index is 0.127. The standard InChI is InChI=1S/C15H26F3N3O/c1-19-14(20-7-8-22-10-11-5-6-11)21-13-4-2-3-12(9-13)15(16,17)18/h11-13H,2-10H2,1H3,(H2,19,20,21). The second-order valence-corrected chi connectivity index (χ2v) is 6.26. The monoisotopic (exact) mass is 321 g/mol. The number of nitrogens with zero attached hydrogens (tertiary/aromatic N) is 1. The second-order valence-electron chi connectivity index (χ2n) is 6.26. The first kappa shape index (κ1) is 17.4. The molecule has 2 unspecified atom stereocenters. The van der Waals surface area contributed by atoms with Crippen LogP contribution in [0.25, 0.3) is 0 Å². The SMILES string of the molecule is CN=C(NCCOCC1CC1)NC1CCCC(C(F)(F)F)C1. The summed E-state index contributed by atoms with van der Waals surface area (Å²) in [6.07, 6.45) is 0.158. The molecule has 0 radical (unpaired) electrons. The van der Waals surface area contributed by atoms with Crippen molar-refractivity contribution in [2.75, 3.05) is 26.8 Å². The molecule has 7 heteroatoms. The maximum absolute atomic E-state index is 12.8. The van der Waals surface area contributed by atoms with Crippen LogP contribution in [0.15, 0.2) is 4.99 Å². The quantitative estimate of drug-likeness (QED) is 0.449. The third-order valence-electron chi connectivity index (χ3n) is 4.29. The fraction of sp³-hybridized carbons (Fsp3) is 0.933. The van der Waals surface area contributed by atoms with Gasteiger partial charge in [0.05, 0.1) is 12.5 Å². The van der Waals surface area contributed by atoms with Crippen molar-refractivity contribution in [1.29, 1.82) is 0 Å². The maximum atomic E-state index is 12.8. The highest BCUT2D eigenvalue weighted by atomic mass is 19.4. The van der Waals surface area contributed by atoms with E-state index >= 15 is 0 Å². The predicted molar refractivity (Wildman–Crippen MR) is 79.8 cm³/mol. The minimum atomic E-state index is -4.09. The lowest BCUT2D eigenvalue weighted by molar-refractivity contribution is -0.183. The molecule has 0 aromatic heterocycles. The van der Waals surface area contributed by atoms with E-state index in [1.54, 1.807) is 7.05 Å². The summed E-state index contributed by atoms with van der Waals surface area (Å²) >= 11 is 0. The number of aliphatic imine (C=N–C) groups is 1. The Balaban J connectivity index is 1.65. The van der Waals surface area contributed by atoms with Gasteiger partial charge in [0.25, 0.3) is 0 Å². The van der Waals surface area contributed by atoms with E-state index in [0.717, 1.165) is 18.9 Å². The number of ether oxygens (including phenoxy) is 1. The summed E-state index contributed by atoms with van der Waals surface area (Å²) in [6, 6.07) is -0.168. The Morgan fingerprint density at radius 1 is 1.23 bits per heavy atom. The fourth-order valence-electron chi connectivity index (χ4n) is 2.78. The van der Waals surface area contributed by atoms with Crippen molar-refractivity contribution in [2.45, 2.75) is 50.7 Å². The van der Waals surface area contributed by atoms with Crippen molar-refractivity contribution in [3.8, 4) is 0 Å². The van der Waals surface area contributed by atoms with Crippen LogP contribution in [-0.2, 0) is 4.74 Å². The first-order valence-corrected chi connectivity index (χ1v) is 8.10. The van der Waals surface area contributed by atoms with Crippen LogP contribution in [0, 0.1) is 11.8 Å². The summed E-state index contributed by atoms with van der Waals surface area (Å²) in [4.78, 5) is 4.07. The summed E-state index contributed by atoms with van der Waals surface area (Å²) in [5, 5.41) is 6.20. The molecule has 0 heterocycles. The zero-order valence-electron chi connectivity index (χ0n) is 13.1. The van der Waals surface area contributed by atoms with Gasteiger partial charge < -0.3 is 15.4 Å². The van der Waals surface area contributed by atoms with Gasteiger partial charge in [0.15, 0.2) is 5.96 Å². The Bertz CT molecular complexity index is 370. The molecular weight excluding hydrogens is 295 g/mol. The van der Waals surface area contributed by atoms with Gasteiger partial charge in [0.2, 0.25) is 0 Å². The topological polar surface area (TPSA) is 45.7 Å². The molecule has 2 aliphatic carbocycles. The van der Waals surface area contributed by atoms with E-state index in [1.165, 1.54) is 12.8 Å². The van der Waals surface area contributed by atoms with Crippen molar-refractivity contribution >= 4 is 5.96 Å². The van der Waals surface area contributed by atoms with Crippen molar-refractivity contribution in [3.63, 3.8) is 0 Å². The average molecular weight is 321 g/mol. The van der Waals surface area contributed by atoms with Gasteiger partial charge in [-0.25, -0.2) is 0 Å². The van der Waals surface area contributed by atoms with Crippen LogP contribution in [0.2, 0.25) is 0 Å². The van der Waals surface area contributed by atoms with E-state index in [-0.39, 0.29) is 18.9 Å². The molecule has 0 aliphatic heterocycles. The Labute approximate surface area is 129 Å². The van der Waals surface area contributed by atoms with E-state index in [4.69, 9.17) is 4.74 Å². The van der Waals surface area contributed by atoms with Crippen molar-refractivity contribution in [1.82, 2.24) is 10.6 Å². The van der Waals surface area contributed by atoms with E-state index < -0.39 is 12.1 Å². The molecule has 2 atom stereocenters. The number of hydrogen-bond donors (Lipinski definition) is 2. The molecule has 0 bridgehead atoms. The Morgan fingerprint density at radius 2 is 2.00 bits per heavy atom. The van der Waals surface area contributed by atoms with Crippen LogP contribution in [0.4, 0.5) is 13.2 Å². The lowest BCUT2D eigenvalue weighted by atomic mass is 9.85. The van der Waals surface area contributed by atoms with Crippen LogP contribution in [-0.4, -0.2) is 45.0 Å². The van der Waals surface area contributed by atoms with E-state index in [2.05, 4.69) is 15.6 Å². The van der Waals surface area contributed by atoms with Crippen LogP contribution in [0.5, 0.6) is 0 Å². The number of alkyl halides is 3. The first-order valence-electron chi connectivity index (χ1n) is 8.10. The van der Waals surface area contributed by atoms with Crippen molar-refractivity contribution in [2.24, 2.45) is 16.8 Å². The van der Waals surface area contributed by atoms with Gasteiger partial charge in [0.1, 0.15) is 0 Å². The Hall–Kier alpha value is -0.980. The first-order chi connectivity index (χ1) is 10.5. The molecule has 128 valence electrons. The summed E-state index contributed by atoms with van der Waals surface area (Å²) in [5.74, 6) is 0.0977. The van der Waals surface area contributed by atoms with Gasteiger partial charge in [-0.05, 0) is 38.0 Å². The molecule has 2 saturated carbocycles. The summed E-state index contributed by atoms with van der Waals surface area (Å²) < 4.78 is 43.9. The predicted octanol–water partition coefficient (Wildman–Crippen LogP) is 2.70. The highest BCUT2D eigenvalue weighted by Crippen LogP contribution is 2.37. The highest BCUT2D eigenvalue weighted by molar-refractivity contribution is 5.79. The molecule has 0 spiro atoms. The van der Waals surface area contributed by atoms with Gasteiger partial charge in [-0.15, -0.1) is 0 Å². The molecule has 22 heavy (non-hydrogen) atoms. The smallest absolute Gasteiger partial charge is 0.379 e. The molecular formula is C15H26F3N3O. The molecule has 4 nitrogen and oxygen atoms in total. The number of hydrogen-bond acceptors (Lipinski definition) is 2. The third kappa shape index (κ3) is 6.02. The van der Waals surface area contributed by atoms with Crippen LogP contribution in [0.3, 0.4) is 0 Å². The second kappa shape index (κ2) is 8.04. The van der Waals surface area contributed by atoms with Gasteiger partial charge in [0, 0.05) is 26.2 Å². The van der Waals surface area contributed by atoms with Crippen LogP contribution >= 0.6 is 0 Å². The Morgan fingerprint density at radius 3 is 2.64 bits per heavy atom. The van der Waals surface area contributed by atoms with Crippen molar-refractivity contribution < 1.29 is 17.9 Å². The highest BCUT2D eigenvalue weighted by Gasteiger charge is 2.42. The average Bonchev–Trinajstić information content (AvgIpc) is 3.29. The molecule has 2 N–H and O–H groups in total. The van der Waals surface area contributed by atoms with Crippen molar-refractivity contribution in [3.05, 3.63) is 0 Å².